The Hall–Kier alpha value is -4.22. The van der Waals surface area contributed by atoms with Crippen molar-refractivity contribution in [2.75, 3.05) is 50.1 Å². The van der Waals surface area contributed by atoms with Crippen LogP contribution in [0.15, 0.2) is 54.9 Å². The number of rotatable bonds is 9. The standard InChI is InChI=1S/C29H28F3N5O3/c1-18(38)35-26-15-22-25(16-27(26)40-9-3-6-37-7-10-39-11-8-37)33-17-34-29(22)36-21-5-2-4-19(12-21)28-23(31)13-20(30)14-24(28)32/h2,4-5,12-17H,3,6-11H2,1H3,(H,35,38)(H,33,34,36). The van der Waals surface area contributed by atoms with Gasteiger partial charge in [0.2, 0.25) is 5.91 Å². The fraction of sp³-hybridized carbons (Fsp3) is 0.276. The lowest BCUT2D eigenvalue weighted by molar-refractivity contribution is -0.114. The average Bonchev–Trinajstić information content (AvgIpc) is 2.91. The van der Waals surface area contributed by atoms with Gasteiger partial charge in [-0.15, -0.1) is 0 Å². The monoisotopic (exact) mass is 551 g/mol. The van der Waals surface area contributed by atoms with Gasteiger partial charge in [-0.3, -0.25) is 9.69 Å². The number of morpholine rings is 1. The molecule has 0 spiro atoms. The summed E-state index contributed by atoms with van der Waals surface area (Å²) >= 11 is 0. The van der Waals surface area contributed by atoms with Crippen molar-refractivity contribution >= 4 is 34.0 Å². The van der Waals surface area contributed by atoms with Gasteiger partial charge >= 0.3 is 0 Å². The van der Waals surface area contributed by atoms with Gasteiger partial charge in [0.15, 0.2) is 0 Å². The van der Waals surface area contributed by atoms with Gasteiger partial charge < -0.3 is 20.1 Å². The Labute approximate surface area is 229 Å². The third-order valence-electron chi connectivity index (χ3n) is 6.45. The third kappa shape index (κ3) is 6.49. The summed E-state index contributed by atoms with van der Waals surface area (Å²) in [6.45, 7) is 6.01. The Kier molecular flexibility index (Phi) is 8.42. The molecule has 1 amide bonds. The Morgan fingerprint density at radius 2 is 1.82 bits per heavy atom. The summed E-state index contributed by atoms with van der Waals surface area (Å²) in [5.41, 5.74) is 1.42. The number of benzene rings is 3. The van der Waals surface area contributed by atoms with Crippen LogP contribution in [0.5, 0.6) is 5.75 Å². The Bertz CT molecular complexity index is 1510. The zero-order chi connectivity index (χ0) is 28.1. The third-order valence-corrected chi connectivity index (χ3v) is 6.45. The van der Waals surface area contributed by atoms with Crippen LogP contribution in [0.3, 0.4) is 0 Å². The van der Waals surface area contributed by atoms with Crippen LogP contribution in [-0.4, -0.2) is 60.2 Å². The van der Waals surface area contributed by atoms with E-state index in [0.717, 1.165) is 39.3 Å². The summed E-state index contributed by atoms with van der Waals surface area (Å²) in [6, 6.07) is 11.1. The largest absolute Gasteiger partial charge is 0.491 e. The predicted molar refractivity (Wildman–Crippen MR) is 146 cm³/mol. The number of ether oxygens (including phenoxy) is 2. The number of fused-ring (bicyclic) bond motifs is 1. The first-order valence-corrected chi connectivity index (χ1v) is 12.9. The van der Waals surface area contributed by atoms with Crippen LogP contribution in [0.4, 0.5) is 30.4 Å². The molecule has 4 aromatic rings. The van der Waals surface area contributed by atoms with E-state index in [-0.39, 0.29) is 17.0 Å². The summed E-state index contributed by atoms with van der Waals surface area (Å²) in [5.74, 6) is -2.36. The normalized spacial score (nSPS) is 13.8. The number of nitrogens with one attached hydrogen (secondary N) is 2. The van der Waals surface area contributed by atoms with Crippen molar-refractivity contribution in [1.82, 2.24) is 14.9 Å². The number of hydrogen-bond acceptors (Lipinski definition) is 7. The van der Waals surface area contributed by atoms with Crippen LogP contribution < -0.4 is 15.4 Å². The molecule has 2 N–H and O–H groups in total. The molecule has 0 radical (unpaired) electrons. The van der Waals surface area contributed by atoms with Gasteiger partial charge in [-0.2, -0.15) is 0 Å². The van der Waals surface area contributed by atoms with Crippen molar-refractivity contribution < 1.29 is 27.4 Å². The summed E-state index contributed by atoms with van der Waals surface area (Å²) in [7, 11) is 0. The fourth-order valence-corrected chi connectivity index (χ4v) is 4.59. The fourth-order valence-electron chi connectivity index (χ4n) is 4.59. The maximum absolute atomic E-state index is 14.4. The summed E-state index contributed by atoms with van der Waals surface area (Å²) in [6.07, 6.45) is 2.19. The first-order valence-electron chi connectivity index (χ1n) is 12.9. The van der Waals surface area contributed by atoms with E-state index in [4.69, 9.17) is 9.47 Å². The van der Waals surface area contributed by atoms with Crippen LogP contribution in [-0.2, 0) is 9.53 Å². The highest BCUT2D eigenvalue weighted by Crippen LogP contribution is 2.35. The van der Waals surface area contributed by atoms with Gasteiger partial charge in [0, 0.05) is 55.8 Å². The second kappa shape index (κ2) is 12.3. The number of carbonyl (C=O) groups is 1. The second-order valence-electron chi connectivity index (χ2n) is 9.38. The maximum atomic E-state index is 14.4. The Balaban J connectivity index is 1.39. The lowest BCUT2D eigenvalue weighted by Gasteiger charge is -2.26. The molecule has 1 saturated heterocycles. The Morgan fingerprint density at radius 1 is 1.05 bits per heavy atom. The summed E-state index contributed by atoms with van der Waals surface area (Å²) < 4.78 is 53.6. The lowest BCUT2D eigenvalue weighted by atomic mass is 10.0. The molecule has 0 aliphatic carbocycles. The number of nitrogens with zero attached hydrogens (tertiary/aromatic N) is 3. The van der Waals surface area contributed by atoms with Crippen LogP contribution >= 0.6 is 0 Å². The number of hydrogen-bond donors (Lipinski definition) is 2. The van der Waals surface area contributed by atoms with Crippen LogP contribution in [0.2, 0.25) is 0 Å². The number of aromatic nitrogens is 2. The van der Waals surface area contributed by atoms with Gasteiger partial charge in [-0.05, 0) is 30.2 Å². The molecule has 5 rings (SSSR count). The first-order chi connectivity index (χ1) is 19.4. The molecule has 1 aliphatic heterocycles. The summed E-state index contributed by atoms with van der Waals surface area (Å²) in [4.78, 5) is 23.0. The van der Waals surface area contributed by atoms with Crippen molar-refractivity contribution in [3.05, 3.63) is 72.3 Å². The maximum Gasteiger partial charge on any atom is 0.221 e. The molecular formula is C29H28F3N5O3. The molecule has 1 aromatic heterocycles. The molecule has 0 saturated carbocycles. The van der Waals surface area contributed by atoms with Crippen LogP contribution in [0.1, 0.15) is 13.3 Å². The second-order valence-corrected chi connectivity index (χ2v) is 9.38. The molecule has 3 aromatic carbocycles. The highest BCUT2D eigenvalue weighted by molar-refractivity contribution is 5.99. The SMILES string of the molecule is CC(=O)Nc1cc2c(Nc3cccc(-c4c(F)cc(F)cc4F)c3)ncnc2cc1OCCCN1CCOCC1. The highest BCUT2D eigenvalue weighted by atomic mass is 19.1. The minimum absolute atomic E-state index is 0.227. The zero-order valence-corrected chi connectivity index (χ0v) is 21.8. The van der Waals surface area contributed by atoms with Gasteiger partial charge in [0.25, 0.3) is 0 Å². The number of carbonyl (C=O) groups excluding carboxylic acids is 1. The van der Waals surface area contributed by atoms with Crippen molar-refractivity contribution in [1.29, 1.82) is 0 Å². The Morgan fingerprint density at radius 3 is 2.58 bits per heavy atom. The predicted octanol–water partition coefficient (Wildman–Crippen LogP) is 5.52. The van der Waals surface area contributed by atoms with E-state index in [9.17, 15) is 18.0 Å². The smallest absolute Gasteiger partial charge is 0.221 e. The van der Waals surface area contributed by atoms with E-state index in [1.54, 1.807) is 24.3 Å². The molecule has 0 unspecified atom stereocenters. The quantitative estimate of drug-likeness (QED) is 0.265. The molecule has 2 heterocycles. The van der Waals surface area contributed by atoms with Crippen LogP contribution in [0.25, 0.3) is 22.0 Å². The van der Waals surface area contributed by atoms with Gasteiger partial charge in [0.1, 0.15) is 35.3 Å². The lowest BCUT2D eigenvalue weighted by Crippen LogP contribution is -2.37. The topological polar surface area (TPSA) is 88.6 Å². The number of anilines is 3. The molecule has 0 atom stereocenters. The van der Waals surface area contributed by atoms with E-state index in [1.165, 1.54) is 25.4 Å². The van der Waals surface area contributed by atoms with E-state index in [1.807, 2.05) is 0 Å². The molecule has 40 heavy (non-hydrogen) atoms. The molecule has 8 nitrogen and oxygen atoms in total. The minimum Gasteiger partial charge on any atom is -0.491 e. The molecule has 208 valence electrons. The van der Waals surface area contributed by atoms with Gasteiger partial charge in [0.05, 0.1) is 36.6 Å². The van der Waals surface area contributed by atoms with E-state index in [2.05, 4.69) is 25.5 Å². The molecular weight excluding hydrogens is 523 g/mol. The molecule has 11 heteroatoms. The summed E-state index contributed by atoms with van der Waals surface area (Å²) in [5, 5.41) is 6.56. The van der Waals surface area contributed by atoms with Gasteiger partial charge in [-0.25, -0.2) is 23.1 Å². The number of halogens is 3. The van der Waals surface area contributed by atoms with Crippen molar-refractivity contribution in [2.45, 2.75) is 13.3 Å². The first kappa shape index (κ1) is 27.4. The zero-order valence-electron chi connectivity index (χ0n) is 21.8. The molecule has 0 bridgehead atoms. The highest BCUT2D eigenvalue weighted by Gasteiger charge is 2.16. The average molecular weight is 552 g/mol. The van der Waals surface area contributed by atoms with Crippen LogP contribution in [0, 0.1) is 17.5 Å². The van der Waals surface area contributed by atoms with Crippen molar-refractivity contribution in [3.63, 3.8) is 0 Å². The molecule has 1 aliphatic rings. The van der Waals surface area contributed by atoms with E-state index in [0.29, 0.717) is 52.6 Å². The molecule has 1 fully saturated rings. The van der Waals surface area contributed by atoms with Crippen molar-refractivity contribution in [3.8, 4) is 16.9 Å². The van der Waals surface area contributed by atoms with E-state index >= 15 is 0 Å². The van der Waals surface area contributed by atoms with Crippen molar-refractivity contribution in [2.24, 2.45) is 0 Å². The number of amides is 1. The van der Waals surface area contributed by atoms with E-state index < -0.39 is 17.5 Å². The minimum atomic E-state index is -1.00. The van der Waals surface area contributed by atoms with Gasteiger partial charge in [-0.1, -0.05) is 12.1 Å².